The summed E-state index contributed by atoms with van der Waals surface area (Å²) in [7, 11) is -3.20. The molecule has 0 N–H and O–H groups in total. The largest absolute Gasteiger partial charge is 0.459 e. The van der Waals surface area contributed by atoms with Crippen molar-refractivity contribution in [3.05, 3.63) is 18.2 Å². The van der Waals surface area contributed by atoms with E-state index < -0.39 is 15.8 Å². The summed E-state index contributed by atoms with van der Waals surface area (Å²) in [5.74, 6) is -0.460. The summed E-state index contributed by atoms with van der Waals surface area (Å²) < 4.78 is 43.1. The van der Waals surface area contributed by atoms with Gasteiger partial charge in [0.1, 0.15) is 6.10 Å². The predicted molar refractivity (Wildman–Crippen MR) is 66.7 cm³/mol. The molecule has 1 saturated heterocycles. The van der Waals surface area contributed by atoms with Gasteiger partial charge in [0.25, 0.3) is 0 Å². The van der Waals surface area contributed by atoms with E-state index in [2.05, 4.69) is 9.97 Å². The van der Waals surface area contributed by atoms with Crippen molar-refractivity contribution in [2.24, 2.45) is 0 Å². The third kappa shape index (κ3) is 3.60. The van der Waals surface area contributed by atoms with E-state index in [0.29, 0.717) is 6.54 Å². The molecule has 1 aliphatic heterocycles. The van der Waals surface area contributed by atoms with E-state index in [0.717, 1.165) is 25.2 Å². The summed E-state index contributed by atoms with van der Waals surface area (Å²) in [5.41, 5.74) is 0. The molecule has 106 valence electrons. The van der Waals surface area contributed by atoms with Gasteiger partial charge in [-0.05, 0) is 19.8 Å². The first-order valence-corrected chi connectivity index (χ1v) is 7.74. The van der Waals surface area contributed by atoms with Crippen molar-refractivity contribution in [1.29, 1.82) is 0 Å². The van der Waals surface area contributed by atoms with Gasteiger partial charge in [0.05, 0.1) is 24.7 Å². The van der Waals surface area contributed by atoms with Gasteiger partial charge in [-0.15, -0.1) is 0 Å². The minimum absolute atomic E-state index is 0.0714. The fraction of sp³-hybridized carbons (Fsp3) is 0.636. The molecule has 2 heterocycles. The summed E-state index contributed by atoms with van der Waals surface area (Å²) >= 11 is 0. The molecular formula is C11H16FN3O3S. The van der Waals surface area contributed by atoms with Crippen LogP contribution < -0.4 is 4.74 Å². The van der Waals surface area contributed by atoms with Crippen LogP contribution in [-0.4, -0.2) is 47.6 Å². The SMILES string of the molecule is CCS(=O)(=O)N1CCC[C@H](Oc2ncc(F)cn2)C1. The summed E-state index contributed by atoms with van der Waals surface area (Å²) in [5, 5.41) is 0. The van der Waals surface area contributed by atoms with Gasteiger partial charge in [-0.25, -0.2) is 22.8 Å². The van der Waals surface area contributed by atoms with Crippen LogP contribution in [0.15, 0.2) is 12.4 Å². The fourth-order valence-electron chi connectivity index (χ4n) is 1.95. The Morgan fingerprint density at radius 1 is 1.47 bits per heavy atom. The van der Waals surface area contributed by atoms with E-state index in [1.54, 1.807) is 6.92 Å². The molecule has 1 aliphatic rings. The maximum absolute atomic E-state index is 12.7. The minimum atomic E-state index is -3.20. The molecule has 1 fully saturated rings. The van der Waals surface area contributed by atoms with Crippen LogP contribution in [-0.2, 0) is 10.0 Å². The quantitative estimate of drug-likeness (QED) is 0.820. The molecule has 1 aromatic heterocycles. The van der Waals surface area contributed by atoms with Gasteiger partial charge >= 0.3 is 6.01 Å². The van der Waals surface area contributed by atoms with Gasteiger partial charge < -0.3 is 4.74 Å². The molecule has 0 bridgehead atoms. The van der Waals surface area contributed by atoms with Crippen LogP contribution in [0.5, 0.6) is 6.01 Å². The van der Waals surface area contributed by atoms with Crippen LogP contribution in [0.25, 0.3) is 0 Å². The molecule has 0 radical (unpaired) electrons. The van der Waals surface area contributed by atoms with Crippen molar-refractivity contribution in [1.82, 2.24) is 14.3 Å². The lowest BCUT2D eigenvalue weighted by Crippen LogP contribution is -2.45. The van der Waals surface area contributed by atoms with E-state index in [4.69, 9.17) is 4.74 Å². The molecule has 1 aromatic rings. The van der Waals surface area contributed by atoms with Crippen molar-refractivity contribution < 1.29 is 17.5 Å². The maximum atomic E-state index is 12.7. The fourth-order valence-corrected chi connectivity index (χ4v) is 3.11. The number of hydrogen-bond acceptors (Lipinski definition) is 5. The van der Waals surface area contributed by atoms with Gasteiger partial charge in [0.2, 0.25) is 10.0 Å². The molecule has 0 aromatic carbocycles. The first-order chi connectivity index (χ1) is 9.01. The molecule has 19 heavy (non-hydrogen) atoms. The predicted octanol–water partition coefficient (Wildman–Crippen LogP) is 0.809. The molecule has 0 spiro atoms. The average Bonchev–Trinajstić information content (AvgIpc) is 2.42. The van der Waals surface area contributed by atoms with Crippen LogP contribution in [0.2, 0.25) is 0 Å². The Morgan fingerprint density at radius 2 is 2.16 bits per heavy atom. The van der Waals surface area contributed by atoms with Crippen LogP contribution in [0.4, 0.5) is 4.39 Å². The highest BCUT2D eigenvalue weighted by Gasteiger charge is 2.29. The first kappa shape index (κ1) is 14.1. The third-order valence-electron chi connectivity index (χ3n) is 2.97. The number of rotatable bonds is 4. The van der Waals surface area contributed by atoms with Crippen molar-refractivity contribution in [2.75, 3.05) is 18.8 Å². The molecule has 2 rings (SSSR count). The normalized spacial score (nSPS) is 21.3. The smallest absolute Gasteiger partial charge is 0.316 e. The molecule has 1 atom stereocenters. The van der Waals surface area contributed by atoms with E-state index in [1.807, 2.05) is 0 Å². The molecule has 8 heteroatoms. The second kappa shape index (κ2) is 5.79. The Morgan fingerprint density at radius 3 is 2.79 bits per heavy atom. The Kier molecular flexibility index (Phi) is 4.31. The number of halogens is 1. The van der Waals surface area contributed by atoms with E-state index >= 15 is 0 Å². The van der Waals surface area contributed by atoms with E-state index in [1.165, 1.54) is 4.31 Å². The highest BCUT2D eigenvalue weighted by molar-refractivity contribution is 7.89. The Balaban J connectivity index is 2.00. The first-order valence-electron chi connectivity index (χ1n) is 6.13. The van der Waals surface area contributed by atoms with Crippen molar-refractivity contribution >= 4 is 10.0 Å². The summed E-state index contributed by atoms with van der Waals surface area (Å²) in [4.78, 5) is 7.41. The molecule has 0 aliphatic carbocycles. The van der Waals surface area contributed by atoms with Crippen molar-refractivity contribution in [2.45, 2.75) is 25.9 Å². The summed E-state index contributed by atoms with van der Waals surface area (Å²) in [6.45, 7) is 2.42. The number of nitrogens with zero attached hydrogens (tertiary/aromatic N) is 3. The lowest BCUT2D eigenvalue weighted by atomic mass is 10.1. The van der Waals surface area contributed by atoms with E-state index in [9.17, 15) is 12.8 Å². The zero-order chi connectivity index (χ0) is 13.9. The average molecular weight is 289 g/mol. The monoisotopic (exact) mass is 289 g/mol. The number of ether oxygens (including phenoxy) is 1. The summed E-state index contributed by atoms with van der Waals surface area (Å²) in [6, 6.07) is 0.0714. The second-order valence-corrected chi connectivity index (χ2v) is 6.58. The van der Waals surface area contributed by atoms with Crippen LogP contribution in [0, 0.1) is 5.82 Å². The highest BCUT2D eigenvalue weighted by atomic mass is 32.2. The Labute approximate surface area is 111 Å². The van der Waals surface area contributed by atoms with Crippen molar-refractivity contribution in [3.8, 4) is 6.01 Å². The lowest BCUT2D eigenvalue weighted by molar-refractivity contribution is 0.119. The number of sulfonamides is 1. The highest BCUT2D eigenvalue weighted by Crippen LogP contribution is 2.18. The topological polar surface area (TPSA) is 72.4 Å². The molecule has 6 nitrogen and oxygen atoms in total. The Bertz CT molecular complexity index is 520. The van der Waals surface area contributed by atoms with Gasteiger partial charge in [0.15, 0.2) is 5.82 Å². The zero-order valence-electron chi connectivity index (χ0n) is 10.6. The molecule has 0 unspecified atom stereocenters. The molecule has 0 saturated carbocycles. The number of hydrogen-bond donors (Lipinski definition) is 0. The lowest BCUT2D eigenvalue weighted by Gasteiger charge is -2.31. The number of piperidine rings is 1. The number of aromatic nitrogens is 2. The third-order valence-corrected chi connectivity index (χ3v) is 4.82. The second-order valence-electron chi connectivity index (χ2n) is 4.32. The van der Waals surface area contributed by atoms with Gasteiger partial charge in [-0.1, -0.05) is 0 Å². The van der Waals surface area contributed by atoms with Gasteiger partial charge in [-0.3, -0.25) is 0 Å². The van der Waals surface area contributed by atoms with Gasteiger partial charge in [0, 0.05) is 6.54 Å². The molecule has 0 amide bonds. The van der Waals surface area contributed by atoms with Crippen LogP contribution >= 0.6 is 0 Å². The summed E-state index contributed by atoms with van der Waals surface area (Å²) in [6.07, 6.45) is 3.21. The van der Waals surface area contributed by atoms with Crippen LogP contribution in [0.1, 0.15) is 19.8 Å². The standard InChI is InChI=1S/C11H16FN3O3S/c1-2-19(16,17)15-5-3-4-10(8-15)18-11-13-6-9(12)7-14-11/h6-7,10H,2-5,8H2,1H3/t10-/m0/s1. The van der Waals surface area contributed by atoms with E-state index in [-0.39, 0.29) is 24.4 Å². The van der Waals surface area contributed by atoms with Crippen molar-refractivity contribution in [3.63, 3.8) is 0 Å². The molecular weight excluding hydrogens is 273 g/mol. The Hall–Kier alpha value is -1.28. The van der Waals surface area contributed by atoms with Crippen LogP contribution in [0.3, 0.4) is 0 Å². The maximum Gasteiger partial charge on any atom is 0.316 e. The van der Waals surface area contributed by atoms with Gasteiger partial charge in [-0.2, -0.15) is 4.31 Å². The minimum Gasteiger partial charge on any atom is -0.459 e. The zero-order valence-corrected chi connectivity index (χ0v) is 11.4.